The Bertz CT molecular complexity index is 981. The number of fused-ring (bicyclic) bond motifs is 1. The Morgan fingerprint density at radius 1 is 1.28 bits per heavy atom. The first-order valence-corrected chi connectivity index (χ1v) is 10.4. The van der Waals surface area contributed by atoms with E-state index in [4.69, 9.17) is 14.6 Å². The Kier molecular flexibility index (Phi) is 7.15. The molecule has 2 atom stereocenters. The SMILES string of the molecule is COC(CNC(=O)Nc1c2c(nn1-c1cc(C)c(F)c(C)c1)C[C@@H](C)N(C=O)[C@H]2C)OC. The molecule has 10 heteroatoms. The molecule has 32 heavy (non-hydrogen) atoms. The van der Waals surface area contributed by atoms with E-state index < -0.39 is 12.3 Å². The average Bonchev–Trinajstić information content (AvgIpc) is 3.10. The predicted octanol–water partition coefficient (Wildman–Crippen LogP) is 2.83. The van der Waals surface area contributed by atoms with Crippen LogP contribution in [0.1, 0.15) is 42.3 Å². The second-order valence-corrected chi connectivity index (χ2v) is 8.03. The van der Waals surface area contributed by atoms with Gasteiger partial charge in [-0.2, -0.15) is 5.10 Å². The van der Waals surface area contributed by atoms with Crippen molar-refractivity contribution in [2.75, 3.05) is 26.1 Å². The summed E-state index contributed by atoms with van der Waals surface area (Å²) in [6.45, 7) is 7.35. The van der Waals surface area contributed by atoms with Crippen molar-refractivity contribution in [2.45, 2.75) is 52.5 Å². The number of benzene rings is 1. The highest BCUT2D eigenvalue weighted by Gasteiger charge is 2.35. The second-order valence-electron chi connectivity index (χ2n) is 8.03. The van der Waals surface area contributed by atoms with Crippen molar-refractivity contribution in [1.29, 1.82) is 0 Å². The van der Waals surface area contributed by atoms with Crippen LogP contribution in [0.25, 0.3) is 5.69 Å². The molecule has 0 aliphatic carbocycles. The van der Waals surface area contributed by atoms with Gasteiger partial charge in [0.15, 0.2) is 6.29 Å². The van der Waals surface area contributed by atoms with Crippen LogP contribution in [0, 0.1) is 19.7 Å². The van der Waals surface area contributed by atoms with E-state index >= 15 is 0 Å². The highest BCUT2D eigenvalue weighted by Crippen LogP contribution is 2.38. The standard InChI is InChI=1S/C22H30FN5O4/c1-12-7-16(8-13(2)20(12)23)28-21(25-22(30)24-10-18(31-5)32-6)19-15(4)27(11-29)14(3)9-17(19)26-28/h7-8,11,14-15,18H,9-10H2,1-6H3,(H2,24,25,30)/t14-,15+/m1/s1. The van der Waals surface area contributed by atoms with Crippen LogP contribution >= 0.6 is 0 Å². The van der Waals surface area contributed by atoms with E-state index in [1.165, 1.54) is 14.2 Å². The van der Waals surface area contributed by atoms with Crippen LogP contribution in [0.15, 0.2) is 12.1 Å². The van der Waals surface area contributed by atoms with Gasteiger partial charge in [-0.25, -0.2) is 13.9 Å². The Morgan fingerprint density at radius 2 is 1.91 bits per heavy atom. The highest BCUT2D eigenvalue weighted by atomic mass is 19.1. The molecule has 1 aromatic heterocycles. The van der Waals surface area contributed by atoms with Gasteiger partial charge < -0.3 is 19.7 Å². The maximum absolute atomic E-state index is 14.2. The van der Waals surface area contributed by atoms with Gasteiger partial charge in [-0.1, -0.05) is 0 Å². The number of hydrogen-bond donors (Lipinski definition) is 2. The topological polar surface area (TPSA) is 97.7 Å². The van der Waals surface area contributed by atoms with E-state index in [1.807, 2.05) is 13.8 Å². The maximum atomic E-state index is 14.2. The number of anilines is 1. The van der Waals surface area contributed by atoms with Crippen LogP contribution in [0.3, 0.4) is 0 Å². The number of ether oxygens (including phenoxy) is 2. The summed E-state index contributed by atoms with van der Waals surface area (Å²) in [4.78, 5) is 26.1. The fraction of sp³-hybridized carbons (Fsp3) is 0.500. The van der Waals surface area contributed by atoms with E-state index in [1.54, 1.807) is 35.6 Å². The second kappa shape index (κ2) is 9.66. The van der Waals surface area contributed by atoms with E-state index in [-0.39, 0.29) is 24.4 Å². The molecule has 0 saturated carbocycles. The molecular weight excluding hydrogens is 417 g/mol. The number of nitrogens with zero attached hydrogens (tertiary/aromatic N) is 3. The van der Waals surface area contributed by atoms with Crippen LogP contribution in [0.2, 0.25) is 0 Å². The molecule has 1 aliphatic rings. The minimum atomic E-state index is -0.590. The van der Waals surface area contributed by atoms with Gasteiger partial charge in [0, 0.05) is 32.2 Å². The number of carbonyl (C=O) groups excluding carboxylic acids is 2. The molecule has 9 nitrogen and oxygen atoms in total. The number of halogens is 1. The molecule has 0 spiro atoms. The van der Waals surface area contributed by atoms with Crippen molar-refractivity contribution in [3.8, 4) is 5.69 Å². The number of methoxy groups -OCH3 is 2. The first kappa shape index (κ1) is 23.7. The molecule has 2 heterocycles. The molecule has 3 rings (SSSR count). The van der Waals surface area contributed by atoms with E-state index in [0.717, 1.165) is 17.7 Å². The Labute approximate surface area is 186 Å². The monoisotopic (exact) mass is 447 g/mol. The lowest BCUT2D eigenvalue weighted by atomic mass is 9.95. The number of hydrogen-bond acceptors (Lipinski definition) is 5. The lowest BCUT2D eigenvalue weighted by Crippen LogP contribution is -2.40. The Morgan fingerprint density at radius 3 is 2.47 bits per heavy atom. The molecule has 3 amide bonds. The smallest absolute Gasteiger partial charge is 0.320 e. The van der Waals surface area contributed by atoms with Crippen LogP contribution in [-0.4, -0.2) is 60.2 Å². The highest BCUT2D eigenvalue weighted by molar-refractivity contribution is 5.90. The van der Waals surface area contributed by atoms with E-state index in [9.17, 15) is 14.0 Å². The molecule has 1 aromatic carbocycles. The van der Waals surface area contributed by atoms with Crippen molar-refractivity contribution < 1.29 is 23.5 Å². The summed E-state index contributed by atoms with van der Waals surface area (Å²) < 4.78 is 26.0. The molecule has 2 N–H and O–H groups in total. The zero-order valence-electron chi connectivity index (χ0n) is 19.2. The third-order valence-corrected chi connectivity index (χ3v) is 5.84. The third-order valence-electron chi connectivity index (χ3n) is 5.84. The quantitative estimate of drug-likeness (QED) is 0.503. The fourth-order valence-corrected chi connectivity index (χ4v) is 4.12. The lowest BCUT2D eigenvalue weighted by molar-refractivity contribution is -0.122. The van der Waals surface area contributed by atoms with Gasteiger partial charge in [-0.3, -0.25) is 10.1 Å². The fourth-order valence-electron chi connectivity index (χ4n) is 4.12. The molecule has 174 valence electrons. The van der Waals surface area contributed by atoms with Gasteiger partial charge in [0.05, 0.1) is 24.0 Å². The van der Waals surface area contributed by atoms with Crippen LogP contribution in [0.5, 0.6) is 0 Å². The molecule has 0 bridgehead atoms. The van der Waals surface area contributed by atoms with Crippen molar-refractivity contribution in [2.24, 2.45) is 0 Å². The first-order chi connectivity index (χ1) is 15.2. The Balaban J connectivity index is 2.05. The number of carbonyl (C=O) groups is 2. The van der Waals surface area contributed by atoms with Crippen molar-refractivity contribution in [1.82, 2.24) is 20.0 Å². The predicted molar refractivity (Wildman–Crippen MR) is 117 cm³/mol. The summed E-state index contributed by atoms with van der Waals surface area (Å²) in [6.07, 6.45) is 0.760. The third kappa shape index (κ3) is 4.46. The Hall–Kier alpha value is -2.98. The molecule has 0 radical (unpaired) electrons. The van der Waals surface area contributed by atoms with Crippen molar-refractivity contribution >= 4 is 18.3 Å². The number of urea groups is 1. The maximum Gasteiger partial charge on any atom is 0.320 e. The van der Waals surface area contributed by atoms with Crippen molar-refractivity contribution in [3.63, 3.8) is 0 Å². The molecule has 0 saturated heterocycles. The minimum Gasteiger partial charge on any atom is -0.354 e. The molecule has 2 aromatic rings. The average molecular weight is 448 g/mol. The lowest BCUT2D eigenvalue weighted by Gasteiger charge is -2.35. The largest absolute Gasteiger partial charge is 0.354 e. The number of aryl methyl sites for hydroxylation is 2. The first-order valence-electron chi connectivity index (χ1n) is 10.4. The number of amides is 3. The summed E-state index contributed by atoms with van der Waals surface area (Å²) in [5, 5.41) is 10.3. The van der Waals surface area contributed by atoms with Gasteiger partial charge in [-0.05, 0) is 51.0 Å². The van der Waals surface area contributed by atoms with Crippen LogP contribution in [-0.2, 0) is 20.7 Å². The molecule has 0 fully saturated rings. The minimum absolute atomic E-state index is 0.0409. The van der Waals surface area contributed by atoms with E-state index in [2.05, 4.69) is 10.6 Å². The van der Waals surface area contributed by atoms with Gasteiger partial charge >= 0.3 is 6.03 Å². The van der Waals surface area contributed by atoms with Gasteiger partial charge in [0.25, 0.3) is 0 Å². The normalized spacial score (nSPS) is 17.9. The van der Waals surface area contributed by atoms with Crippen LogP contribution < -0.4 is 10.6 Å². The number of aromatic nitrogens is 2. The number of nitrogens with one attached hydrogen (secondary N) is 2. The molecule has 1 aliphatic heterocycles. The summed E-state index contributed by atoms with van der Waals surface area (Å²) >= 11 is 0. The van der Waals surface area contributed by atoms with Crippen LogP contribution in [0.4, 0.5) is 15.0 Å². The van der Waals surface area contributed by atoms with Crippen molar-refractivity contribution in [3.05, 3.63) is 40.3 Å². The summed E-state index contributed by atoms with van der Waals surface area (Å²) in [5.41, 5.74) is 3.10. The van der Waals surface area contributed by atoms with Gasteiger partial charge in [0.1, 0.15) is 11.6 Å². The van der Waals surface area contributed by atoms with Gasteiger partial charge in [0.2, 0.25) is 6.41 Å². The summed E-state index contributed by atoms with van der Waals surface area (Å²) in [6, 6.07) is 2.54. The van der Waals surface area contributed by atoms with Gasteiger partial charge in [-0.15, -0.1) is 0 Å². The molecular formula is C22H30FN5O4. The summed E-state index contributed by atoms with van der Waals surface area (Å²) in [7, 11) is 2.96. The zero-order chi connectivity index (χ0) is 23.6. The number of rotatable bonds is 7. The van der Waals surface area contributed by atoms with E-state index in [0.29, 0.717) is 29.1 Å². The zero-order valence-corrected chi connectivity index (χ0v) is 19.2. The molecule has 0 unspecified atom stereocenters. The summed E-state index contributed by atoms with van der Waals surface area (Å²) in [5.74, 6) is 0.151.